The van der Waals surface area contributed by atoms with E-state index in [1.807, 2.05) is 50.2 Å². The molecule has 4 rings (SSSR count). The van der Waals surface area contributed by atoms with E-state index in [0.717, 1.165) is 33.5 Å². The summed E-state index contributed by atoms with van der Waals surface area (Å²) in [6, 6.07) is 12.0. The molecule has 2 N–H and O–H groups in total. The number of benzene rings is 2. The van der Waals surface area contributed by atoms with Crippen molar-refractivity contribution in [2.75, 3.05) is 24.8 Å². The molecule has 0 aliphatic carbocycles. The number of aliphatic hydroxyl groups is 1. The van der Waals surface area contributed by atoms with Crippen LogP contribution in [0.25, 0.3) is 11.3 Å². The van der Waals surface area contributed by atoms with E-state index in [9.17, 15) is 4.79 Å². The van der Waals surface area contributed by atoms with Gasteiger partial charge in [-0.3, -0.25) is 4.90 Å². The standard InChI is InChI=1S/C23H25N3O4/c1-15-7-19(10-20(8-15)26-6-5-24-23(26)28)21-12-25-22(30-21)11-18-9-17(13-29-14-27)4-3-16(18)2/h3-4,7-10,12,27H,5-6,11,13-14H2,1-2H3,(H,24,28). The summed E-state index contributed by atoms with van der Waals surface area (Å²) in [5.41, 5.74) is 6.02. The van der Waals surface area contributed by atoms with Crippen LogP contribution in [0.15, 0.2) is 47.0 Å². The van der Waals surface area contributed by atoms with Crippen LogP contribution in [-0.2, 0) is 17.8 Å². The van der Waals surface area contributed by atoms with E-state index in [2.05, 4.69) is 10.3 Å². The molecule has 0 saturated carbocycles. The van der Waals surface area contributed by atoms with E-state index >= 15 is 0 Å². The third-order valence-corrected chi connectivity index (χ3v) is 5.18. The molecule has 2 heterocycles. The number of amides is 2. The molecule has 1 fully saturated rings. The highest BCUT2D eigenvalue weighted by Crippen LogP contribution is 2.29. The summed E-state index contributed by atoms with van der Waals surface area (Å²) in [5, 5.41) is 11.7. The third-order valence-electron chi connectivity index (χ3n) is 5.18. The number of carbonyl (C=O) groups excluding carboxylic acids is 1. The van der Waals surface area contributed by atoms with Crippen LogP contribution in [0.3, 0.4) is 0 Å². The zero-order valence-electron chi connectivity index (χ0n) is 17.1. The molecule has 0 atom stereocenters. The first-order chi connectivity index (χ1) is 14.5. The van der Waals surface area contributed by atoms with Crippen LogP contribution in [0, 0.1) is 13.8 Å². The molecule has 2 aromatic carbocycles. The lowest BCUT2D eigenvalue weighted by atomic mass is 10.0. The number of rotatable bonds is 7. The minimum absolute atomic E-state index is 0.0784. The van der Waals surface area contributed by atoms with Crippen molar-refractivity contribution in [1.29, 1.82) is 0 Å². The van der Waals surface area contributed by atoms with E-state index in [1.54, 1.807) is 11.1 Å². The van der Waals surface area contributed by atoms with E-state index in [4.69, 9.17) is 14.3 Å². The number of nitrogens with one attached hydrogen (secondary N) is 1. The number of hydrogen-bond acceptors (Lipinski definition) is 5. The number of aromatic nitrogens is 1. The predicted octanol–water partition coefficient (Wildman–Crippen LogP) is 3.55. The van der Waals surface area contributed by atoms with E-state index in [0.29, 0.717) is 37.8 Å². The van der Waals surface area contributed by atoms with Gasteiger partial charge < -0.3 is 19.6 Å². The van der Waals surface area contributed by atoms with Crippen molar-refractivity contribution < 1.29 is 19.1 Å². The van der Waals surface area contributed by atoms with Crippen LogP contribution in [0.2, 0.25) is 0 Å². The van der Waals surface area contributed by atoms with Gasteiger partial charge in [0.05, 0.1) is 12.8 Å². The quantitative estimate of drug-likeness (QED) is 0.585. The van der Waals surface area contributed by atoms with Gasteiger partial charge in [-0.15, -0.1) is 0 Å². The first-order valence-corrected chi connectivity index (χ1v) is 9.92. The fourth-order valence-electron chi connectivity index (χ4n) is 3.64. The zero-order valence-corrected chi connectivity index (χ0v) is 17.1. The van der Waals surface area contributed by atoms with Crippen LogP contribution in [0.4, 0.5) is 10.5 Å². The van der Waals surface area contributed by atoms with Gasteiger partial charge in [0.1, 0.15) is 6.79 Å². The number of urea groups is 1. The maximum absolute atomic E-state index is 12.0. The molecule has 0 bridgehead atoms. The summed E-state index contributed by atoms with van der Waals surface area (Å²) in [6.45, 7) is 5.40. The van der Waals surface area contributed by atoms with Gasteiger partial charge in [0, 0.05) is 30.8 Å². The summed E-state index contributed by atoms with van der Waals surface area (Å²) in [4.78, 5) is 18.2. The Morgan fingerprint density at radius 2 is 2.10 bits per heavy atom. The Labute approximate surface area is 175 Å². The van der Waals surface area contributed by atoms with Gasteiger partial charge in [-0.25, -0.2) is 9.78 Å². The van der Waals surface area contributed by atoms with E-state index < -0.39 is 0 Å². The fourth-order valence-corrected chi connectivity index (χ4v) is 3.64. The Morgan fingerprint density at radius 3 is 2.87 bits per heavy atom. The second-order valence-corrected chi connectivity index (χ2v) is 7.47. The van der Waals surface area contributed by atoms with Crippen LogP contribution in [-0.4, -0.2) is 36.0 Å². The topological polar surface area (TPSA) is 87.8 Å². The number of carbonyl (C=O) groups is 1. The van der Waals surface area contributed by atoms with Gasteiger partial charge in [0.2, 0.25) is 0 Å². The van der Waals surface area contributed by atoms with Gasteiger partial charge >= 0.3 is 6.03 Å². The van der Waals surface area contributed by atoms with Crippen molar-refractivity contribution in [3.05, 3.63) is 70.7 Å². The molecule has 7 nitrogen and oxygen atoms in total. The Kier molecular flexibility index (Phi) is 5.83. The Bertz CT molecular complexity index is 1060. The smallest absolute Gasteiger partial charge is 0.321 e. The van der Waals surface area contributed by atoms with Crippen molar-refractivity contribution in [2.24, 2.45) is 0 Å². The predicted molar refractivity (Wildman–Crippen MR) is 113 cm³/mol. The first-order valence-electron chi connectivity index (χ1n) is 9.92. The summed E-state index contributed by atoms with van der Waals surface area (Å²) >= 11 is 0. The summed E-state index contributed by atoms with van der Waals surface area (Å²) < 4.78 is 11.1. The molecule has 0 spiro atoms. The van der Waals surface area contributed by atoms with E-state index in [1.165, 1.54) is 0 Å². The van der Waals surface area contributed by atoms with Crippen molar-refractivity contribution in [2.45, 2.75) is 26.9 Å². The number of aliphatic hydroxyl groups excluding tert-OH is 1. The number of oxazole rings is 1. The molecule has 3 aromatic rings. The maximum atomic E-state index is 12.0. The van der Waals surface area contributed by atoms with Crippen molar-refractivity contribution in [3.8, 4) is 11.3 Å². The summed E-state index contributed by atoms with van der Waals surface area (Å²) in [7, 11) is 0. The average molecular weight is 407 g/mol. The zero-order chi connectivity index (χ0) is 21.1. The Morgan fingerprint density at radius 1 is 1.23 bits per heavy atom. The normalized spacial score (nSPS) is 13.7. The second kappa shape index (κ2) is 8.69. The summed E-state index contributed by atoms with van der Waals surface area (Å²) in [6.07, 6.45) is 2.29. The van der Waals surface area contributed by atoms with Crippen LogP contribution >= 0.6 is 0 Å². The molecule has 156 valence electrons. The molecular weight excluding hydrogens is 382 g/mol. The molecule has 30 heavy (non-hydrogen) atoms. The van der Waals surface area contributed by atoms with Gasteiger partial charge in [-0.05, 0) is 54.3 Å². The van der Waals surface area contributed by atoms with Gasteiger partial charge in [-0.1, -0.05) is 18.2 Å². The second-order valence-electron chi connectivity index (χ2n) is 7.47. The van der Waals surface area contributed by atoms with Crippen LogP contribution < -0.4 is 10.2 Å². The molecule has 0 unspecified atom stereocenters. The lowest BCUT2D eigenvalue weighted by molar-refractivity contribution is -0.0112. The highest BCUT2D eigenvalue weighted by molar-refractivity contribution is 5.94. The highest BCUT2D eigenvalue weighted by atomic mass is 16.6. The largest absolute Gasteiger partial charge is 0.440 e. The monoisotopic (exact) mass is 407 g/mol. The minimum atomic E-state index is -0.302. The fraction of sp³-hybridized carbons (Fsp3) is 0.304. The summed E-state index contributed by atoms with van der Waals surface area (Å²) in [5.74, 6) is 1.29. The highest BCUT2D eigenvalue weighted by Gasteiger charge is 2.22. The molecule has 1 aromatic heterocycles. The SMILES string of the molecule is Cc1cc(-c2cnc(Cc3cc(COCO)ccc3C)o2)cc(N2CCNC2=O)c1. The first kappa shape index (κ1) is 20.1. The van der Waals surface area contributed by atoms with Crippen molar-refractivity contribution >= 4 is 11.7 Å². The van der Waals surface area contributed by atoms with Gasteiger partial charge in [0.15, 0.2) is 11.7 Å². The maximum Gasteiger partial charge on any atom is 0.321 e. The number of aryl methyl sites for hydroxylation is 2. The van der Waals surface area contributed by atoms with E-state index in [-0.39, 0.29) is 12.8 Å². The van der Waals surface area contributed by atoms with Crippen LogP contribution in [0.1, 0.15) is 28.1 Å². The molecule has 0 radical (unpaired) electrons. The third kappa shape index (κ3) is 4.37. The molecule has 1 aliphatic heterocycles. The number of ether oxygens (including phenoxy) is 1. The minimum Gasteiger partial charge on any atom is -0.440 e. The molecule has 1 saturated heterocycles. The molecule has 2 amide bonds. The average Bonchev–Trinajstić information content (AvgIpc) is 3.37. The number of nitrogens with zero attached hydrogens (tertiary/aromatic N) is 2. The number of hydrogen-bond donors (Lipinski definition) is 2. The van der Waals surface area contributed by atoms with Crippen molar-refractivity contribution in [3.63, 3.8) is 0 Å². The lowest BCUT2D eigenvalue weighted by Crippen LogP contribution is -2.27. The van der Waals surface area contributed by atoms with Gasteiger partial charge in [-0.2, -0.15) is 0 Å². The Balaban J connectivity index is 1.56. The van der Waals surface area contributed by atoms with Gasteiger partial charge in [0.25, 0.3) is 0 Å². The molecule has 1 aliphatic rings. The molecular formula is C23H25N3O4. The van der Waals surface area contributed by atoms with Crippen LogP contribution in [0.5, 0.6) is 0 Å². The van der Waals surface area contributed by atoms with Crippen molar-refractivity contribution in [1.82, 2.24) is 10.3 Å². The number of anilines is 1. The molecule has 7 heteroatoms. The Hall–Kier alpha value is -3.16. The lowest BCUT2D eigenvalue weighted by Gasteiger charge is -2.16.